The molecule has 0 aliphatic rings. The molecule has 0 aromatic heterocycles. The molecule has 8 heteroatoms. The molecule has 0 heterocycles. The summed E-state index contributed by atoms with van der Waals surface area (Å²) >= 11 is 11.3. The average Bonchev–Trinajstić information content (AvgIpc) is 2.57. The quantitative estimate of drug-likeness (QED) is 0.572. The van der Waals surface area contributed by atoms with E-state index in [1.54, 1.807) is 0 Å². The van der Waals surface area contributed by atoms with Crippen molar-refractivity contribution in [3.63, 3.8) is 0 Å². The van der Waals surface area contributed by atoms with Crippen molar-refractivity contribution in [1.29, 1.82) is 0 Å². The van der Waals surface area contributed by atoms with E-state index in [0.29, 0.717) is 6.42 Å². The highest BCUT2D eigenvalue weighted by Gasteiger charge is 2.16. The molecule has 4 nitrogen and oxygen atoms in total. The fourth-order valence-corrected chi connectivity index (χ4v) is 2.55. The molecule has 2 aromatic rings. The van der Waals surface area contributed by atoms with Crippen molar-refractivity contribution >= 4 is 28.9 Å². The number of aliphatic hydroxyl groups excluding tert-OH is 2. The predicted octanol–water partition coefficient (Wildman–Crippen LogP) is 4.22. The Morgan fingerprint density at radius 3 is 2.28 bits per heavy atom. The summed E-state index contributed by atoms with van der Waals surface area (Å²) in [7, 11) is 1.00. The standard InChI is InChI=1S/C16H15Cl2F2NO2.CH4O/c17-10-6-13(20)9(5-14(10)21)15(22)3-1-2-8-4-16(23)11(18)7-12(8)19;1-2/h4-7,15,22-23H,1-3,21H2;2H,1H3. The van der Waals surface area contributed by atoms with Crippen LogP contribution in [0.5, 0.6) is 5.75 Å². The van der Waals surface area contributed by atoms with Crippen LogP contribution in [-0.2, 0) is 6.42 Å². The van der Waals surface area contributed by atoms with Crippen molar-refractivity contribution in [3.05, 3.63) is 57.1 Å². The van der Waals surface area contributed by atoms with Gasteiger partial charge >= 0.3 is 0 Å². The van der Waals surface area contributed by atoms with Gasteiger partial charge in [0.15, 0.2) is 0 Å². The Balaban J connectivity index is 0.00000151. The van der Waals surface area contributed by atoms with Gasteiger partial charge in [0.2, 0.25) is 0 Å². The van der Waals surface area contributed by atoms with Crippen LogP contribution >= 0.6 is 23.2 Å². The normalized spacial score (nSPS) is 11.6. The number of hydrogen-bond acceptors (Lipinski definition) is 4. The van der Waals surface area contributed by atoms with Crippen molar-refractivity contribution in [2.24, 2.45) is 0 Å². The maximum atomic E-state index is 13.8. The molecule has 2 aromatic carbocycles. The second-order valence-electron chi connectivity index (χ2n) is 5.20. The minimum Gasteiger partial charge on any atom is -0.506 e. The molecule has 5 N–H and O–H groups in total. The van der Waals surface area contributed by atoms with E-state index in [1.165, 1.54) is 12.1 Å². The number of halogens is 4. The summed E-state index contributed by atoms with van der Waals surface area (Å²) in [6.45, 7) is 0. The third-order valence-corrected chi connectivity index (χ3v) is 4.14. The molecule has 0 aliphatic heterocycles. The number of aliphatic hydroxyl groups is 2. The zero-order valence-electron chi connectivity index (χ0n) is 13.4. The summed E-state index contributed by atoms with van der Waals surface area (Å²) in [4.78, 5) is 0. The maximum Gasteiger partial charge on any atom is 0.134 e. The Morgan fingerprint density at radius 1 is 1.04 bits per heavy atom. The van der Waals surface area contributed by atoms with Gasteiger partial charge < -0.3 is 21.1 Å². The minimum atomic E-state index is -1.08. The summed E-state index contributed by atoms with van der Waals surface area (Å²) < 4.78 is 27.5. The number of aryl methyl sites for hydroxylation is 1. The lowest BCUT2D eigenvalue weighted by atomic mass is 10.00. The van der Waals surface area contributed by atoms with Gasteiger partial charge in [0, 0.05) is 12.7 Å². The van der Waals surface area contributed by atoms with Crippen LogP contribution in [0.15, 0.2) is 24.3 Å². The van der Waals surface area contributed by atoms with E-state index in [2.05, 4.69) is 0 Å². The van der Waals surface area contributed by atoms with E-state index in [-0.39, 0.29) is 45.5 Å². The summed E-state index contributed by atoms with van der Waals surface area (Å²) in [6, 6.07) is 4.61. The fourth-order valence-electron chi connectivity index (χ4n) is 2.25. The smallest absolute Gasteiger partial charge is 0.134 e. The van der Waals surface area contributed by atoms with Gasteiger partial charge in [-0.3, -0.25) is 0 Å². The van der Waals surface area contributed by atoms with Gasteiger partial charge in [0.25, 0.3) is 0 Å². The second-order valence-corrected chi connectivity index (χ2v) is 6.01. The molecule has 0 fully saturated rings. The number of nitrogen functional groups attached to an aromatic ring is 1. The fraction of sp³-hybridized carbons (Fsp3) is 0.294. The van der Waals surface area contributed by atoms with Crippen LogP contribution in [-0.4, -0.2) is 22.4 Å². The zero-order chi connectivity index (χ0) is 19.1. The lowest BCUT2D eigenvalue weighted by molar-refractivity contribution is 0.160. The van der Waals surface area contributed by atoms with Crippen LogP contribution < -0.4 is 5.73 Å². The van der Waals surface area contributed by atoms with E-state index in [1.807, 2.05) is 0 Å². The largest absolute Gasteiger partial charge is 0.506 e. The van der Waals surface area contributed by atoms with Crippen molar-refractivity contribution in [2.45, 2.75) is 25.4 Å². The van der Waals surface area contributed by atoms with E-state index in [9.17, 15) is 19.0 Å². The van der Waals surface area contributed by atoms with E-state index < -0.39 is 17.7 Å². The molecular weight excluding hydrogens is 375 g/mol. The number of rotatable bonds is 5. The number of phenolic OH excluding ortho intramolecular Hbond substituents is 1. The van der Waals surface area contributed by atoms with Crippen molar-refractivity contribution < 1.29 is 24.1 Å². The highest BCUT2D eigenvalue weighted by molar-refractivity contribution is 6.33. The number of phenols is 1. The first-order valence-electron chi connectivity index (χ1n) is 7.33. The van der Waals surface area contributed by atoms with Gasteiger partial charge in [-0.25, -0.2) is 8.78 Å². The summed E-state index contributed by atoms with van der Waals surface area (Å²) in [5.74, 6) is -1.39. The highest BCUT2D eigenvalue weighted by Crippen LogP contribution is 2.30. The summed E-state index contributed by atoms with van der Waals surface area (Å²) in [5, 5.41) is 26.6. The van der Waals surface area contributed by atoms with Gasteiger partial charge in [-0.15, -0.1) is 0 Å². The molecule has 0 aliphatic carbocycles. The molecule has 0 saturated carbocycles. The third-order valence-electron chi connectivity index (χ3n) is 3.51. The monoisotopic (exact) mass is 393 g/mol. The van der Waals surface area contributed by atoms with Crippen LogP contribution in [0.3, 0.4) is 0 Å². The Labute approximate surface area is 154 Å². The van der Waals surface area contributed by atoms with Crippen molar-refractivity contribution in [2.75, 3.05) is 12.8 Å². The Morgan fingerprint density at radius 2 is 1.64 bits per heavy atom. The van der Waals surface area contributed by atoms with Crippen LogP contribution in [0.1, 0.15) is 30.1 Å². The molecule has 0 saturated heterocycles. The van der Waals surface area contributed by atoms with Gasteiger partial charge in [0.1, 0.15) is 17.4 Å². The molecule has 1 atom stereocenters. The zero-order valence-corrected chi connectivity index (χ0v) is 15.0. The third kappa shape index (κ3) is 5.71. The van der Waals surface area contributed by atoms with Crippen molar-refractivity contribution in [1.82, 2.24) is 0 Å². The molecular formula is C17H19Cl2F2NO3. The molecule has 0 radical (unpaired) electrons. The first-order chi connectivity index (χ1) is 11.8. The van der Waals surface area contributed by atoms with Gasteiger partial charge in [0.05, 0.1) is 21.8 Å². The van der Waals surface area contributed by atoms with Crippen LogP contribution in [0.4, 0.5) is 14.5 Å². The van der Waals surface area contributed by atoms with Crippen LogP contribution in [0, 0.1) is 11.6 Å². The van der Waals surface area contributed by atoms with E-state index in [4.69, 9.17) is 34.0 Å². The number of benzene rings is 2. The van der Waals surface area contributed by atoms with Gasteiger partial charge in [-0.05, 0) is 49.1 Å². The Kier molecular flexibility index (Phi) is 8.38. The predicted molar refractivity (Wildman–Crippen MR) is 94.9 cm³/mol. The van der Waals surface area contributed by atoms with Crippen LogP contribution in [0.2, 0.25) is 10.0 Å². The van der Waals surface area contributed by atoms with Crippen LogP contribution in [0.25, 0.3) is 0 Å². The Hall–Kier alpha value is -1.60. The van der Waals surface area contributed by atoms with Gasteiger partial charge in [-0.2, -0.15) is 0 Å². The number of hydrogen-bond donors (Lipinski definition) is 4. The van der Waals surface area contributed by atoms with E-state index >= 15 is 0 Å². The summed E-state index contributed by atoms with van der Waals surface area (Å²) in [5.41, 5.74) is 6.10. The minimum absolute atomic E-state index is 0.0475. The molecule has 25 heavy (non-hydrogen) atoms. The lowest BCUT2D eigenvalue weighted by Gasteiger charge is -2.13. The first-order valence-corrected chi connectivity index (χ1v) is 8.09. The molecule has 138 valence electrons. The SMILES string of the molecule is CO.Nc1cc(C(O)CCCc2cc(O)c(Cl)cc2F)c(F)cc1Cl. The second kappa shape index (κ2) is 9.77. The van der Waals surface area contributed by atoms with E-state index in [0.717, 1.165) is 19.2 Å². The molecule has 0 bridgehead atoms. The number of anilines is 1. The maximum absolute atomic E-state index is 13.8. The Bertz CT molecular complexity index is 730. The summed E-state index contributed by atoms with van der Waals surface area (Å²) in [6.07, 6.45) is -0.251. The highest BCUT2D eigenvalue weighted by atomic mass is 35.5. The molecule has 0 amide bonds. The average molecular weight is 394 g/mol. The number of nitrogens with two attached hydrogens (primary N) is 1. The van der Waals surface area contributed by atoms with Gasteiger partial charge in [-0.1, -0.05) is 23.2 Å². The first kappa shape index (κ1) is 21.4. The lowest BCUT2D eigenvalue weighted by Crippen LogP contribution is -2.04. The molecule has 0 spiro atoms. The van der Waals surface area contributed by atoms with Crippen molar-refractivity contribution in [3.8, 4) is 5.75 Å². The number of aromatic hydroxyl groups is 1. The molecule has 1 unspecified atom stereocenters. The molecule has 2 rings (SSSR count). The topological polar surface area (TPSA) is 86.7 Å².